The largest absolute Gasteiger partial charge is 0.371 e. The second kappa shape index (κ2) is 11.0. The van der Waals surface area contributed by atoms with Gasteiger partial charge in [-0.3, -0.25) is 19.8 Å². The summed E-state index contributed by atoms with van der Waals surface area (Å²) in [6.45, 7) is 2.23. The number of nitrogens with one attached hydrogen (secondary N) is 1. The molecule has 2 saturated heterocycles. The number of amides is 4. The summed E-state index contributed by atoms with van der Waals surface area (Å²) in [5, 5.41) is 13.8. The molecular formula is C25H36N4O4. The quantitative estimate of drug-likeness (QED) is 0.727. The van der Waals surface area contributed by atoms with Crippen LogP contribution in [0.3, 0.4) is 0 Å². The Hall–Kier alpha value is -2.61. The summed E-state index contributed by atoms with van der Waals surface area (Å²) < 4.78 is 0. The molecule has 4 rings (SSSR count). The number of aliphatic hydroxyl groups is 1. The highest BCUT2D eigenvalue weighted by molar-refractivity contribution is 5.95. The maximum atomic E-state index is 13.1. The number of likely N-dealkylation sites (tertiary alicyclic amines) is 1. The zero-order valence-corrected chi connectivity index (χ0v) is 19.3. The van der Waals surface area contributed by atoms with Crippen molar-refractivity contribution in [3.8, 4) is 0 Å². The van der Waals surface area contributed by atoms with Crippen LogP contribution in [0.15, 0.2) is 30.3 Å². The van der Waals surface area contributed by atoms with E-state index in [1.807, 2.05) is 40.1 Å². The highest BCUT2D eigenvalue weighted by Crippen LogP contribution is 2.27. The van der Waals surface area contributed by atoms with Gasteiger partial charge in [0.2, 0.25) is 11.8 Å². The zero-order valence-electron chi connectivity index (χ0n) is 19.3. The molecule has 2 heterocycles. The van der Waals surface area contributed by atoms with Crippen LogP contribution in [0.5, 0.6) is 0 Å². The van der Waals surface area contributed by atoms with Crippen molar-refractivity contribution in [2.75, 3.05) is 31.1 Å². The van der Waals surface area contributed by atoms with Gasteiger partial charge < -0.3 is 14.9 Å². The minimum atomic E-state index is -1.19. The number of rotatable bonds is 4. The topological polar surface area (TPSA) is 93.2 Å². The molecule has 0 spiro atoms. The zero-order chi connectivity index (χ0) is 23.2. The molecule has 2 aliphatic heterocycles. The molecule has 4 amide bonds. The van der Waals surface area contributed by atoms with Crippen molar-refractivity contribution >= 4 is 23.5 Å². The van der Waals surface area contributed by atoms with Crippen molar-refractivity contribution in [1.82, 2.24) is 15.1 Å². The van der Waals surface area contributed by atoms with Crippen molar-refractivity contribution in [2.45, 2.75) is 70.1 Å². The number of nitrogens with zero attached hydrogens (tertiary/aromatic N) is 3. The Labute approximate surface area is 195 Å². The predicted molar refractivity (Wildman–Crippen MR) is 125 cm³/mol. The highest BCUT2D eigenvalue weighted by atomic mass is 16.3. The lowest BCUT2D eigenvalue weighted by Gasteiger charge is -2.46. The Morgan fingerprint density at radius 2 is 1.55 bits per heavy atom. The van der Waals surface area contributed by atoms with E-state index in [0.29, 0.717) is 6.54 Å². The van der Waals surface area contributed by atoms with Crippen LogP contribution in [0.25, 0.3) is 0 Å². The van der Waals surface area contributed by atoms with Crippen LogP contribution in [0.4, 0.5) is 10.5 Å². The number of benzene rings is 1. The lowest BCUT2D eigenvalue weighted by Crippen LogP contribution is -2.64. The molecule has 0 bridgehead atoms. The summed E-state index contributed by atoms with van der Waals surface area (Å²) in [6.07, 6.45) is 6.81. The van der Waals surface area contributed by atoms with E-state index in [9.17, 15) is 19.5 Å². The Morgan fingerprint density at radius 1 is 0.879 bits per heavy atom. The first-order valence-electron chi connectivity index (χ1n) is 12.4. The van der Waals surface area contributed by atoms with Crippen LogP contribution < -0.4 is 10.2 Å². The van der Waals surface area contributed by atoms with Gasteiger partial charge in [0.05, 0.1) is 12.5 Å². The number of imide groups is 1. The smallest absolute Gasteiger partial charge is 0.326 e. The molecule has 8 nitrogen and oxygen atoms in total. The van der Waals surface area contributed by atoms with Gasteiger partial charge in [-0.2, -0.15) is 0 Å². The van der Waals surface area contributed by atoms with E-state index in [-0.39, 0.29) is 30.7 Å². The van der Waals surface area contributed by atoms with Crippen molar-refractivity contribution < 1.29 is 19.5 Å². The highest BCUT2D eigenvalue weighted by Gasteiger charge is 2.40. The number of piperidine rings is 1. The predicted octanol–water partition coefficient (Wildman–Crippen LogP) is 2.71. The minimum absolute atomic E-state index is 0.000205. The monoisotopic (exact) mass is 456 g/mol. The van der Waals surface area contributed by atoms with Crippen molar-refractivity contribution in [3.63, 3.8) is 0 Å². The Balaban J connectivity index is 1.47. The molecule has 0 radical (unpaired) electrons. The van der Waals surface area contributed by atoms with E-state index in [1.165, 1.54) is 4.90 Å². The molecule has 33 heavy (non-hydrogen) atoms. The Morgan fingerprint density at radius 3 is 2.24 bits per heavy atom. The summed E-state index contributed by atoms with van der Waals surface area (Å²) in [4.78, 5) is 43.8. The molecular weight excluding hydrogens is 420 g/mol. The van der Waals surface area contributed by atoms with Gasteiger partial charge in [-0.15, -0.1) is 0 Å². The third kappa shape index (κ3) is 5.66. The number of carbonyl (C=O) groups excluding carboxylic acids is 3. The maximum Gasteiger partial charge on any atom is 0.326 e. The lowest BCUT2D eigenvalue weighted by molar-refractivity contribution is -0.134. The van der Waals surface area contributed by atoms with E-state index in [4.69, 9.17) is 0 Å². The summed E-state index contributed by atoms with van der Waals surface area (Å²) >= 11 is 0. The number of hydrogen-bond acceptors (Lipinski definition) is 5. The van der Waals surface area contributed by atoms with E-state index >= 15 is 0 Å². The SMILES string of the molecule is O=C(NC(=O)N1CCN(c2ccccc2)[C@@H](CC(=O)N2CCCCC2)[C@@H]1O)C1CCCCC1. The van der Waals surface area contributed by atoms with Gasteiger partial charge >= 0.3 is 6.03 Å². The summed E-state index contributed by atoms with van der Waals surface area (Å²) in [5.41, 5.74) is 0.909. The summed E-state index contributed by atoms with van der Waals surface area (Å²) in [7, 11) is 0. The fourth-order valence-electron chi connectivity index (χ4n) is 5.35. The molecule has 3 fully saturated rings. The fourth-order valence-corrected chi connectivity index (χ4v) is 5.35. The second-order valence-corrected chi connectivity index (χ2v) is 9.48. The molecule has 180 valence electrons. The number of piperazine rings is 1. The van der Waals surface area contributed by atoms with Crippen molar-refractivity contribution in [1.29, 1.82) is 0 Å². The van der Waals surface area contributed by atoms with E-state index in [2.05, 4.69) is 5.32 Å². The second-order valence-electron chi connectivity index (χ2n) is 9.48. The molecule has 0 unspecified atom stereocenters. The molecule has 0 aromatic heterocycles. The fraction of sp³-hybridized carbons (Fsp3) is 0.640. The van der Waals surface area contributed by atoms with E-state index < -0.39 is 18.3 Å². The number of anilines is 1. The van der Waals surface area contributed by atoms with Crippen LogP contribution in [-0.2, 0) is 9.59 Å². The molecule has 1 saturated carbocycles. The molecule has 2 N–H and O–H groups in total. The summed E-state index contributed by atoms with van der Waals surface area (Å²) in [5.74, 6) is -0.388. The first-order valence-corrected chi connectivity index (χ1v) is 12.4. The van der Waals surface area contributed by atoms with Crippen LogP contribution in [-0.4, -0.2) is 71.2 Å². The molecule has 3 aliphatic rings. The third-order valence-corrected chi connectivity index (χ3v) is 7.29. The summed E-state index contributed by atoms with van der Waals surface area (Å²) in [6, 6.07) is 8.53. The van der Waals surface area contributed by atoms with Crippen LogP contribution >= 0.6 is 0 Å². The van der Waals surface area contributed by atoms with Gasteiger partial charge in [0.25, 0.3) is 0 Å². The van der Waals surface area contributed by atoms with Gasteiger partial charge in [0, 0.05) is 37.8 Å². The van der Waals surface area contributed by atoms with Gasteiger partial charge in [-0.25, -0.2) is 4.79 Å². The average molecular weight is 457 g/mol. The lowest BCUT2D eigenvalue weighted by atomic mass is 9.89. The molecule has 8 heteroatoms. The molecule has 1 aromatic carbocycles. The van der Waals surface area contributed by atoms with Crippen LogP contribution in [0, 0.1) is 5.92 Å². The van der Waals surface area contributed by atoms with Crippen molar-refractivity contribution in [2.24, 2.45) is 5.92 Å². The van der Waals surface area contributed by atoms with Gasteiger partial charge in [-0.1, -0.05) is 37.5 Å². The normalized spacial score (nSPS) is 24.5. The first-order chi connectivity index (χ1) is 16.0. The van der Waals surface area contributed by atoms with E-state index in [0.717, 1.165) is 70.1 Å². The number of hydrogen-bond donors (Lipinski definition) is 2. The van der Waals surface area contributed by atoms with Crippen LogP contribution in [0.2, 0.25) is 0 Å². The first kappa shape index (κ1) is 23.5. The molecule has 1 aromatic rings. The van der Waals surface area contributed by atoms with Gasteiger partial charge in [0.15, 0.2) is 6.23 Å². The maximum absolute atomic E-state index is 13.1. The Kier molecular flexibility index (Phi) is 7.85. The average Bonchev–Trinajstić information content (AvgIpc) is 2.86. The number of urea groups is 1. The van der Waals surface area contributed by atoms with Gasteiger partial charge in [0.1, 0.15) is 0 Å². The number of aliphatic hydroxyl groups excluding tert-OH is 1. The number of carbonyl (C=O) groups is 3. The standard InChI is InChI=1S/C25H36N4O4/c30-22(27-14-8-3-9-15-27)18-21-24(32)29(17-16-28(21)20-12-6-2-7-13-20)25(33)26-23(31)19-10-4-1-5-11-19/h2,6-7,12-13,19,21,24,32H,1,3-5,8-11,14-18H2,(H,26,31,33)/t21-,24-/m0/s1. The van der Waals surface area contributed by atoms with Gasteiger partial charge in [-0.05, 0) is 44.2 Å². The Bertz CT molecular complexity index is 821. The minimum Gasteiger partial charge on any atom is -0.371 e. The van der Waals surface area contributed by atoms with E-state index in [1.54, 1.807) is 0 Å². The molecule has 1 aliphatic carbocycles. The van der Waals surface area contributed by atoms with Crippen molar-refractivity contribution in [3.05, 3.63) is 30.3 Å². The van der Waals surface area contributed by atoms with Crippen LogP contribution in [0.1, 0.15) is 57.8 Å². The third-order valence-electron chi connectivity index (χ3n) is 7.29. The molecule has 2 atom stereocenters. The number of para-hydroxylation sites is 1.